The second-order valence-corrected chi connectivity index (χ2v) is 16.2. The van der Waals surface area contributed by atoms with Crippen molar-refractivity contribution < 1.29 is 48.2 Å². The van der Waals surface area contributed by atoms with E-state index < -0.39 is 95.2 Å². The molecule has 3 aliphatic rings. The molecule has 0 spiro atoms. The Bertz CT molecular complexity index is 2220. The lowest BCUT2D eigenvalue weighted by Gasteiger charge is -2.40. The summed E-state index contributed by atoms with van der Waals surface area (Å²) in [6.07, 6.45) is 0.175. The minimum absolute atomic E-state index is 0.0299. The number of ether oxygens (including phenoxy) is 1. The van der Waals surface area contributed by atoms with Crippen molar-refractivity contribution in [2.75, 3.05) is 39.1 Å². The van der Waals surface area contributed by atoms with Gasteiger partial charge in [0.15, 0.2) is 11.7 Å². The SMILES string of the molecule is CC[C@@H]1NC(=O)[C@@H](NC(=O)c2ncccc2O)[C@@H](C)OC(=O)[C@@H](c2ccccc2)NC(=O)[C@H]2CC(=O)CCN2C(=O)[C@@H](Cc2ccc(N(C)C)cc2)N(C)C(=O)[C@H]2CCCN2C1=O. The molecule has 0 saturated carbocycles. The first-order valence-electron chi connectivity index (χ1n) is 21.1. The highest BCUT2D eigenvalue weighted by Crippen LogP contribution is 2.27. The first kappa shape index (κ1) is 45.7. The molecule has 0 unspecified atom stereocenters. The zero-order valence-corrected chi connectivity index (χ0v) is 36.0. The number of rotatable bonds is 7. The fourth-order valence-electron chi connectivity index (χ4n) is 8.20. The number of ketones is 1. The number of anilines is 1. The topological polar surface area (TPSA) is 228 Å². The van der Waals surface area contributed by atoms with Gasteiger partial charge in [0, 0.05) is 65.4 Å². The highest BCUT2D eigenvalue weighted by atomic mass is 16.5. The molecule has 6 amide bonds. The van der Waals surface area contributed by atoms with Crippen LogP contribution in [0.5, 0.6) is 5.75 Å². The Morgan fingerprint density at radius 1 is 0.873 bits per heavy atom. The molecule has 0 radical (unpaired) electrons. The molecule has 0 aliphatic carbocycles. The molecule has 63 heavy (non-hydrogen) atoms. The first-order chi connectivity index (χ1) is 30.1. The van der Waals surface area contributed by atoms with Gasteiger partial charge >= 0.3 is 5.97 Å². The Labute approximate surface area is 365 Å². The fraction of sp³-hybridized carbons (Fsp3) is 0.444. The molecule has 334 valence electrons. The summed E-state index contributed by atoms with van der Waals surface area (Å²) in [4.78, 5) is 123. The molecular weight excluding hydrogens is 813 g/mol. The number of amides is 6. The number of nitrogens with one attached hydrogen (secondary N) is 3. The predicted octanol–water partition coefficient (Wildman–Crippen LogP) is 1.27. The normalized spacial score (nSPS) is 25.4. The number of carbonyl (C=O) groups excluding carboxylic acids is 8. The van der Waals surface area contributed by atoms with Gasteiger partial charge in [0.05, 0.1) is 0 Å². The van der Waals surface area contributed by atoms with E-state index in [0.29, 0.717) is 12.0 Å². The van der Waals surface area contributed by atoms with Gasteiger partial charge < -0.3 is 45.4 Å². The van der Waals surface area contributed by atoms with Crippen LogP contribution in [0.4, 0.5) is 5.69 Å². The lowest BCUT2D eigenvalue weighted by atomic mass is 9.95. The second kappa shape index (κ2) is 19.9. The van der Waals surface area contributed by atoms with Crippen molar-refractivity contribution in [3.63, 3.8) is 0 Å². The van der Waals surface area contributed by atoms with E-state index in [2.05, 4.69) is 20.9 Å². The third-order valence-electron chi connectivity index (χ3n) is 11.8. The number of hydrogen-bond donors (Lipinski definition) is 4. The molecule has 18 heteroatoms. The number of Topliss-reactive ketones (excluding diaryl/α,β-unsaturated/α-hetero) is 1. The zero-order chi connectivity index (χ0) is 45.5. The average Bonchev–Trinajstić information content (AvgIpc) is 3.77. The molecule has 18 nitrogen and oxygen atoms in total. The minimum atomic E-state index is -1.68. The standard InChI is InChI=1S/C45H54N8O10/c1-6-31-42(59)52-22-11-14-32(52)43(60)51(5)34(24-27-16-18-29(19-17-27)50(3)4)44(61)53-23-20-30(54)25-33(53)39(56)49-37(28-12-8-7-9-13-28)45(62)63-26(2)36(40(57)47-31)48-41(58)38-35(55)15-10-21-46-38/h7-10,12-13,15-19,21,26,31-34,36-37,55H,6,11,14,20,22-25H2,1-5H3,(H,47,57)(H,48,58)(H,49,56)/t26-,31+,32-,33-,34-,36+,37-/m1/s1. The maximum Gasteiger partial charge on any atom is 0.333 e. The van der Waals surface area contributed by atoms with Crippen LogP contribution in [0.3, 0.4) is 0 Å². The number of cyclic esters (lactones) is 1. The summed E-state index contributed by atoms with van der Waals surface area (Å²) in [7, 11) is 5.25. The van der Waals surface area contributed by atoms with Crippen LogP contribution >= 0.6 is 0 Å². The van der Waals surface area contributed by atoms with Crippen molar-refractivity contribution in [2.45, 2.75) is 94.7 Å². The number of aromatic nitrogens is 1. The Kier molecular flexibility index (Phi) is 14.4. The van der Waals surface area contributed by atoms with Gasteiger partial charge in [-0.2, -0.15) is 0 Å². The van der Waals surface area contributed by atoms with Gasteiger partial charge in [0.25, 0.3) is 5.91 Å². The van der Waals surface area contributed by atoms with Crippen LogP contribution in [0.2, 0.25) is 0 Å². The van der Waals surface area contributed by atoms with Gasteiger partial charge in [0.2, 0.25) is 29.5 Å². The Morgan fingerprint density at radius 3 is 2.24 bits per heavy atom. The van der Waals surface area contributed by atoms with E-state index in [0.717, 1.165) is 5.69 Å². The third-order valence-corrected chi connectivity index (χ3v) is 11.8. The molecule has 1 aromatic heterocycles. The van der Waals surface area contributed by atoms with Crippen molar-refractivity contribution in [1.29, 1.82) is 0 Å². The molecule has 2 aromatic carbocycles. The van der Waals surface area contributed by atoms with E-state index in [1.165, 1.54) is 47.0 Å². The summed E-state index contributed by atoms with van der Waals surface area (Å²) in [5.74, 6) is -6.33. The van der Waals surface area contributed by atoms with Gasteiger partial charge in [-0.25, -0.2) is 9.78 Å². The monoisotopic (exact) mass is 866 g/mol. The molecule has 3 aromatic rings. The molecule has 6 rings (SSSR count). The van der Waals surface area contributed by atoms with Crippen LogP contribution < -0.4 is 20.9 Å². The van der Waals surface area contributed by atoms with Crippen LogP contribution in [-0.4, -0.2) is 143 Å². The smallest absolute Gasteiger partial charge is 0.333 e. The predicted molar refractivity (Wildman–Crippen MR) is 228 cm³/mol. The second-order valence-electron chi connectivity index (χ2n) is 16.2. The Morgan fingerprint density at radius 2 is 1.57 bits per heavy atom. The van der Waals surface area contributed by atoms with Crippen LogP contribution in [0, 0.1) is 0 Å². The average molecular weight is 867 g/mol. The van der Waals surface area contributed by atoms with Gasteiger partial charge in [-0.1, -0.05) is 49.4 Å². The maximum absolute atomic E-state index is 15.0. The summed E-state index contributed by atoms with van der Waals surface area (Å²) < 4.78 is 5.85. The number of nitrogens with zero attached hydrogens (tertiary/aromatic N) is 5. The number of carbonyl (C=O) groups is 8. The van der Waals surface area contributed by atoms with E-state index in [1.54, 1.807) is 37.3 Å². The van der Waals surface area contributed by atoms with Crippen molar-refractivity contribution >= 4 is 52.9 Å². The highest BCUT2D eigenvalue weighted by Gasteiger charge is 2.45. The van der Waals surface area contributed by atoms with E-state index >= 15 is 0 Å². The molecule has 4 heterocycles. The summed E-state index contributed by atoms with van der Waals surface area (Å²) in [6.45, 7) is 3.02. The zero-order valence-electron chi connectivity index (χ0n) is 36.0. The van der Waals surface area contributed by atoms with Gasteiger partial charge in [0.1, 0.15) is 47.8 Å². The lowest BCUT2D eigenvalue weighted by molar-refractivity contribution is -0.156. The molecule has 7 atom stereocenters. The van der Waals surface area contributed by atoms with E-state index in [1.807, 2.05) is 43.3 Å². The summed E-state index contributed by atoms with van der Waals surface area (Å²) >= 11 is 0. The van der Waals surface area contributed by atoms with Crippen molar-refractivity contribution in [1.82, 2.24) is 35.6 Å². The summed E-state index contributed by atoms with van der Waals surface area (Å²) in [5.41, 5.74) is 1.45. The summed E-state index contributed by atoms with van der Waals surface area (Å²) in [5, 5.41) is 18.2. The number of esters is 1. The van der Waals surface area contributed by atoms with Gasteiger partial charge in [-0.3, -0.25) is 33.6 Å². The van der Waals surface area contributed by atoms with E-state index in [9.17, 15) is 43.5 Å². The molecule has 3 fully saturated rings. The maximum atomic E-state index is 15.0. The van der Waals surface area contributed by atoms with Gasteiger partial charge in [-0.15, -0.1) is 0 Å². The molecule has 3 aliphatic heterocycles. The van der Waals surface area contributed by atoms with Gasteiger partial charge in [-0.05, 0) is 61.6 Å². The lowest BCUT2D eigenvalue weighted by Crippen LogP contribution is -2.61. The molecular formula is C45H54N8O10. The highest BCUT2D eigenvalue weighted by molar-refractivity contribution is 6.01. The van der Waals surface area contributed by atoms with E-state index in [-0.39, 0.29) is 56.5 Å². The molecule has 4 N–H and O–H groups in total. The largest absolute Gasteiger partial charge is 0.505 e. The first-order valence-corrected chi connectivity index (χ1v) is 21.1. The van der Waals surface area contributed by atoms with Crippen LogP contribution in [0.25, 0.3) is 0 Å². The Hall–Kier alpha value is -6.85. The molecule has 3 saturated heterocycles. The number of likely N-dealkylation sites (N-methyl/N-ethyl adjacent to an activating group) is 1. The number of fused-ring (bicyclic) bond motifs is 2. The van der Waals surface area contributed by atoms with Crippen molar-refractivity contribution in [2.24, 2.45) is 0 Å². The minimum Gasteiger partial charge on any atom is -0.505 e. The van der Waals surface area contributed by atoms with Crippen molar-refractivity contribution in [3.05, 3.63) is 89.7 Å². The Balaban J connectivity index is 1.44. The van der Waals surface area contributed by atoms with Crippen LogP contribution in [-0.2, 0) is 44.7 Å². The molecule has 0 bridgehead atoms. The van der Waals surface area contributed by atoms with E-state index in [4.69, 9.17) is 4.74 Å². The third kappa shape index (κ3) is 10.3. The van der Waals surface area contributed by atoms with Crippen LogP contribution in [0.1, 0.15) is 73.6 Å². The number of benzene rings is 2. The summed E-state index contributed by atoms with van der Waals surface area (Å²) in [6, 6.07) is 10.1. The fourth-order valence-corrected chi connectivity index (χ4v) is 8.20. The van der Waals surface area contributed by atoms with Crippen molar-refractivity contribution in [3.8, 4) is 5.75 Å². The quantitative estimate of drug-likeness (QED) is 0.247. The number of piperidine rings is 1. The number of pyridine rings is 1. The number of hydrogen-bond acceptors (Lipinski definition) is 12. The number of aromatic hydroxyl groups is 1. The van der Waals surface area contributed by atoms with Crippen LogP contribution in [0.15, 0.2) is 72.9 Å².